The average molecular weight is 247 g/mol. The fraction of sp³-hybridized carbons (Fsp3) is 0.625. The summed E-state index contributed by atoms with van der Waals surface area (Å²) in [5.41, 5.74) is 3.33. The molecule has 0 amide bonds. The normalized spacial score (nSPS) is 21.6. The van der Waals surface area contributed by atoms with Crippen LogP contribution in [0.5, 0.6) is 0 Å². The highest BCUT2D eigenvalue weighted by molar-refractivity contribution is 5.38. The third-order valence-electron chi connectivity index (χ3n) is 4.04. The summed E-state index contributed by atoms with van der Waals surface area (Å²) in [5, 5.41) is 3.67. The molecule has 0 aromatic heterocycles. The van der Waals surface area contributed by atoms with Gasteiger partial charge in [-0.15, -0.1) is 0 Å². The van der Waals surface area contributed by atoms with E-state index in [1.807, 2.05) is 0 Å². The first-order valence-electron chi connectivity index (χ1n) is 6.97. The molecule has 100 valence electrons. The molecule has 0 heterocycles. The molecule has 2 rings (SSSR count). The van der Waals surface area contributed by atoms with Crippen LogP contribution >= 0.6 is 0 Å². The zero-order chi connectivity index (χ0) is 13.0. The number of ether oxygens (including phenoxy) is 1. The van der Waals surface area contributed by atoms with Crippen LogP contribution in [0, 0.1) is 0 Å². The fourth-order valence-electron chi connectivity index (χ4n) is 2.92. The van der Waals surface area contributed by atoms with Gasteiger partial charge in [0.2, 0.25) is 0 Å². The van der Waals surface area contributed by atoms with Crippen molar-refractivity contribution in [3.05, 3.63) is 35.4 Å². The zero-order valence-electron chi connectivity index (χ0n) is 11.8. The van der Waals surface area contributed by atoms with Crippen LogP contribution in [-0.4, -0.2) is 20.3 Å². The monoisotopic (exact) mass is 247 g/mol. The summed E-state index contributed by atoms with van der Waals surface area (Å²) < 4.78 is 5.09. The SMILES string of the molecule is COCCCNC1CCC(C)(C)c2ccccc21. The topological polar surface area (TPSA) is 21.3 Å². The van der Waals surface area contributed by atoms with Crippen molar-refractivity contribution in [2.24, 2.45) is 0 Å². The van der Waals surface area contributed by atoms with E-state index in [2.05, 4.69) is 43.4 Å². The Labute approximate surface area is 111 Å². The molecule has 18 heavy (non-hydrogen) atoms. The Bertz CT molecular complexity index is 386. The molecular weight excluding hydrogens is 222 g/mol. The molecule has 0 saturated carbocycles. The Morgan fingerprint density at radius 1 is 1.33 bits per heavy atom. The van der Waals surface area contributed by atoms with Crippen molar-refractivity contribution in [2.45, 2.75) is 44.6 Å². The number of nitrogens with one attached hydrogen (secondary N) is 1. The van der Waals surface area contributed by atoms with Gasteiger partial charge in [-0.3, -0.25) is 0 Å². The van der Waals surface area contributed by atoms with Gasteiger partial charge in [0.15, 0.2) is 0 Å². The van der Waals surface area contributed by atoms with Crippen LogP contribution in [0.1, 0.15) is 50.3 Å². The molecule has 0 aliphatic heterocycles. The summed E-state index contributed by atoms with van der Waals surface area (Å²) in [4.78, 5) is 0. The molecule has 0 spiro atoms. The van der Waals surface area contributed by atoms with Crippen molar-refractivity contribution >= 4 is 0 Å². The second-order valence-electron chi connectivity index (χ2n) is 5.86. The first-order valence-corrected chi connectivity index (χ1v) is 6.97. The van der Waals surface area contributed by atoms with Crippen LogP contribution in [0.2, 0.25) is 0 Å². The number of methoxy groups -OCH3 is 1. The van der Waals surface area contributed by atoms with Gasteiger partial charge in [0.25, 0.3) is 0 Å². The lowest BCUT2D eigenvalue weighted by Crippen LogP contribution is -2.33. The minimum atomic E-state index is 0.321. The van der Waals surface area contributed by atoms with E-state index in [0.717, 1.165) is 19.6 Å². The molecule has 1 atom stereocenters. The molecule has 1 aromatic rings. The van der Waals surface area contributed by atoms with Crippen LogP contribution < -0.4 is 5.32 Å². The van der Waals surface area contributed by atoms with Gasteiger partial charge >= 0.3 is 0 Å². The van der Waals surface area contributed by atoms with E-state index < -0.39 is 0 Å². The molecule has 0 fully saturated rings. The van der Waals surface area contributed by atoms with Crippen molar-refractivity contribution in [2.75, 3.05) is 20.3 Å². The van der Waals surface area contributed by atoms with E-state index in [1.165, 1.54) is 24.0 Å². The van der Waals surface area contributed by atoms with E-state index in [-0.39, 0.29) is 0 Å². The van der Waals surface area contributed by atoms with E-state index in [9.17, 15) is 0 Å². The Balaban J connectivity index is 2.06. The molecule has 1 unspecified atom stereocenters. The Hall–Kier alpha value is -0.860. The second-order valence-corrected chi connectivity index (χ2v) is 5.86. The number of rotatable bonds is 5. The molecule has 2 heteroatoms. The molecular formula is C16H25NO. The summed E-state index contributed by atoms with van der Waals surface area (Å²) in [6, 6.07) is 9.41. The Morgan fingerprint density at radius 2 is 2.11 bits per heavy atom. The van der Waals surface area contributed by atoms with Crippen LogP contribution in [0.4, 0.5) is 0 Å². The van der Waals surface area contributed by atoms with Crippen molar-refractivity contribution < 1.29 is 4.74 Å². The maximum Gasteiger partial charge on any atom is 0.0474 e. The summed E-state index contributed by atoms with van der Waals surface area (Å²) in [6.45, 7) is 6.58. The number of fused-ring (bicyclic) bond motifs is 1. The molecule has 1 N–H and O–H groups in total. The second kappa shape index (κ2) is 5.85. The lowest BCUT2D eigenvalue weighted by molar-refractivity contribution is 0.192. The molecule has 0 bridgehead atoms. The summed E-state index contributed by atoms with van der Waals surface area (Å²) in [6.07, 6.45) is 3.57. The van der Waals surface area contributed by atoms with E-state index >= 15 is 0 Å². The van der Waals surface area contributed by atoms with Gasteiger partial charge < -0.3 is 10.1 Å². The number of hydrogen-bond acceptors (Lipinski definition) is 2. The summed E-state index contributed by atoms with van der Waals surface area (Å²) in [7, 11) is 1.76. The molecule has 0 saturated heterocycles. The fourth-order valence-corrected chi connectivity index (χ4v) is 2.92. The molecule has 1 aliphatic rings. The molecule has 1 aromatic carbocycles. The smallest absolute Gasteiger partial charge is 0.0474 e. The van der Waals surface area contributed by atoms with E-state index in [4.69, 9.17) is 4.74 Å². The average Bonchev–Trinajstić information content (AvgIpc) is 2.37. The van der Waals surface area contributed by atoms with Gasteiger partial charge in [0, 0.05) is 19.8 Å². The molecule has 0 radical (unpaired) electrons. The third kappa shape index (κ3) is 2.93. The van der Waals surface area contributed by atoms with Gasteiger partial charge in [-0.05, 0) is 42.3 Å². The maximum atomic E-state index is 5.09. The van der Waals surface area contributed by atoms with Crippen LogP contribution in [0.3, 0.4) is 0 Å². The largest absolute Gasteiger partial charge is 0.385 e. The minimum absolute atomic E-state index is 0.321. The van der Waals surface area contributed by atoms with Gasteiger partial charge in [-0.2, -0.15) is 0 Å². The molecule has 2 nitrogen and oxygen atoms in total. The van der Waals surface area contributed by atoms with Crippen molar-refractivity contribution in [3.8, 4) is 0 Å². The number of hydrogen-bond donors (Lipinski definition) is 1. The van der Waals surface area contributed by atoms with Gasteiger partial charge in [-0.25, -0.2) is 0 Å². The summed E-state index contributed by atoms with van der Waals surface area (Å²) >= 11 is 0. The van der Waals surface area contributed by atoms with Crippen LogP contribution in [-0.2, 0) is 10.2 Å². The molecule has 1 aliphatic carbocycles. The van der Waals surface area contributed by atoms with Gasteiger partial charge in [0.05, 0.1) is 0 Å². The minimum Gasteiger partial charge on any atom is -0.385 e. The highest BCUT2D eigenvalue weighted by Gasteiger charge is 2.31. The van der Waals surface area contributed by atoms with Gasteiger partial charge in [0.1, 0.15) is 0 Å². The van der Waals surface area contributed by atoms with Crippen molar-refractivity contribution in [3.63, 3.8) is 0 Å². The highest BCUT2D eigenvalue weighted by Crippen LogP contribution is 2.41. The highest BCUT2D eigenvalue weighted by atomic mass is 16.5. The first-order chi connectivity index (χ1) is 8.65. The standard InChI is InChI=1S/C16H25NO/c1-16(2)10-9-15(17-11-6-12-18-3)13-7-4-5-8-14(13)16/h4-5,7-8,15,17H,6,9-12H2,1-3H3. The quantitative estimate of drug-likeness (QED) is 0.805. The predicted octanol–water partition coefficient (Wildman–Crippen LogP) is 3.43. The lowest BCUT2D eigenvalue weighted by Gasteiger charge is -2.37. The van der Waals surface area contributed by atoms with Crippen molar-refractivity contribution in [1.29, 1.82) is 0 Å². The summed E-state index contributed by atoms with van der Waals surface area (Å²) in [5.74, 6) is 0. The van der Waals surface area contributed by atoms with Crippen molar-refractivity contribution in [1.82, 2.24) is 5.32 Å². The third-order valence-corrected chi connectivity index (χ3v) is 4.04. The van der Waals surface area contributed by atoms with Crippen LogP contribution in [0.15, 0.2) is 24.3 Å². The predicted molar refractivity (Wildman–Crippen MR) is 75.9 cm³/mol. The Kier molecular flexibility index (Phi) is 4.41. The maximum absolute atomic E-state index is 5.09. The first kappa shape index (κ1) is 13.6. The van der Waals surface area contributed by atoms with Gasteiger partial charge in [-0.1, -0.05) is 38.1 Å². The number of benzene rings is 1. The lowest BCUT2D eigenvalue weighted by atomic mass is 9.71. The van der Waals surface area contributed by atoms with Crippen LogP contribution in [0.25, 0.3) is 0 Å². The zero-order valence-corrected chi connectivity index (χ0v) is 11.8. The van der Waals surface area contributed by atoms with E-state index in [1.54, 1.807) is 7.11 Å². The van der Waals surface area contributed by atoms with E-state index in [0.29, 0.717) is 11.5 Å². The Morgan fingerprint density at radius 3 is 2.89 bits per heavy atom.